The Balaban J connectivity index is 0.970. The van der Waals surface area contributed by atoms with Crippen molar-refractivity contribution >= 4 is 23.3 Å². The third kappa shape index (κ3) is 5.98. The molecule has 39 heavy (non-hydrogen) atoms. The number of likely N-dealkylation sites (tertiary alicyclic amines) is 1. The lowest BCUT2D eigenvalue weighted by molar-refractivity contribution is 0.0763. The van der Waals surface area contributed by atoms with Gasteiger partial charge in [0, 0.05) is 65.0 Å². The van der Waals surface area contributed by atoms with Gasteiger partial charge in [-0.2, -0.15) is 5.26 Å². The van der Waals surface area contributed by atoms with Gasteiger partial charge in [-0.3, -0.25) is 4.79 Å². The van der Waals surface area contributed by atoms with Crippen LogP contribution in [0, 0.1) is 29.1 Å². The Hall–Kier alpha value is -2.93. The van der Waals surface area contributed by atoms with E-state index in [0.29, 0.717) is 33.9 Å². The predicted octanol–water partition coefficient (Wildman–Crippen LogP) is 3.05. The molecule has 0 radical (unpaired) electrons. The minimum atomic E-state index is -0.0329. The molecule has 1 aromatic heterocycles. The first-order valence-electron chi connectivity index (χ1n) is 14.2. The Labute approximate surface area is 235 Å². The average molecular weight is 550 g/mol. The number of amides is 1. The molecule has 6 rings (SSSR count). The lowest BCUT2D eigenvalue weighted by atomic mass is 9.96. The van der Waals surface area contributed by atoms with E-state index in [-0.39, 0.29) is 12.0 Å². The van der Waals surface area contributed by atoms with Crippen molar-refractivity contribution in [1.82, 2.24) is 25.3 Å². The van der Waals surface area contributed by atoms with Gasteiger partial charge in [0.25, 0.3) is 5.91 Å². The Morgan fingerprint density at radius 2 is 1.79 bits per heavy atom. The second-order valence-electron chi connectivity index (χ2n) is 11.5. The number of benzene rings is 1. The van der Waals surface area contributed by atoms with E-state index in [0.717, 1.165) is 76.9 Å². The van der Waals surface area contributed by atoms with Crippen molar-refractivity contribution in [2.45, 2.75) is 31.8 Å². The van der Waals surface area contributed by atoms with Crippen LogP contribution in [0.15, 0.2) is 30.3 Å². The molecule has 1 saturated carbocycles. The number of nitriles is 1. The summed E-state index contributed by atoms with van der Waals surface area (Å²) in [7, 11) is 0. The molecule has 1 amide bonds. The topological polar surface area (TPSA) is 97.6 Å². The fraction of sp³-hybridized carbons (Fsp3) is 0.586. The fourth-order valence-electron chi connectivity index (χ4n) is 6.73. The van der Waals surface area contributed by atoms with Crippen LogP contribution < -0.4 is 15.0 Å². The summed E-state index contributed by atoms with van der Waals surface area (Å²) in [5, 5.41) is 21.7. The van der Waals surface area contributed by atoms with Crippen LogP contribution in [-0.2, 0) is 0 Å². The lowest BCUT2D eigenvalue weighted by Crippen LogP contribution is -2.47. The van der Waals surface area contributed by atoms with E-state index in [4.69, 9.17) is 21.6 Å². The van der Waals surface area contributed by atoms with Crippen molar-refractivity contribution in [2.75, 3.05) is 63.8 Å². The first-order chi connectivity index (χ1) is 19.1. The number of hydrogen-bond acceptors (Lipinski definition) is 8. The van der Waals surface area contributed by atoms with Gasteiger partial charge in [0.1, 0.15) is 11.8 Å². The molecule has 2 aromatic rings. The van der Waals surface area contributed by atoms with Crippen LogP contribution >= 0.6 is 11.6 Å². The molecule has 9 nitrogen and oxygen atoms in total. The first-order valence-corrected chi connectivity index (χ1v) is 14.6. The number of piperidine rings is 1. The zero-order valence-electron chi connectivity index (χ0n) is 22.3. The number of carbonyl (C=O) groups excluding carboxylic acids is 1. The van der Waals surface area contributed by atoms with E-state index in [1.807, 2.05) is 17.0 Å². The van der Waals surface area contributed by atoms with Gasteiger partial charge in [-0.25, -0.2) is 0 Å². The Morgan fingerprint density at radius 1 is 1.05 bits per heavy atom. The number of piperazine rings is 1. The van der Waals surface area contributed by atoms with Crippen LogP contribution in [0.25, 0.3) is 0 Å². The van der Waals surface area contributed by atoms with Crippen molar-refractivity contribution < 1.29 is 9.53 Å². The molecule has 4 heterocycles. The maximum atomic E-state index is 13.2. The third-order valence-corrected chi connectivity index (χ3v) is 9.21. The molecule has 1 N–H and O–H groups in total. The zero-order chi connectivity index (χ0) is 26.8. The number of rotatable bonds is 6. The normalized spacial score (nSPS) is 25.9. The van der Waals surface area contributed by atoms with Gasteiger partial charge >= 0.3 is 0 Å². The second kappa shape index (κ2) is 11.7. The van der Waals surface area contributed by atoms with E-state index in [1.165, 1.54) is 19.4 Å². The van der Waals surface area contributed by atoms with Crippen molar-refractivity contribution in [2.24, 2.45) is 17.8 Å². The molecule has 0 bridgehead atoms. The Bertz CT molecular complexity index is 1190. The molecule has 0 spiro atoms. The second-order valence-corrected chi connectivity index (χ2v) is 11.9. The Kier molecular flexibility index (Phi) is 7.87. The Morgan fingerprint density at radius 3 is 2.44 bits per heavy atom. The highest BCUT2D eigenvalue weighted by molar-refractivity contribution is 6.31. The summed E-state index contributed by atoms with van der Waals surface area (Å²) in [6, 6.07) is 11.1. The SMILES string of the molecule is N#Cc1ccc(O[C@@H]2C[C@@H]3CN(C(=O)c4ccc(N5CCC(CN6CCNCC6)CC5)nn4)C[C@@H]3C2)cc1Cl. The zero-order valence-corrected chi connectivity index (χ0v) is 23.0. The van der Waals surface area contributed by atoms with Crippen molar-refractivity contribution in [1.29, 1.82) is 5.26 Å². The van der Waals surface area contributed by atoms with Crippen LogP contribution in [0.3, 0.4) is 0 Å². The van der Waals surface area contributed by atoms with Gasteiger partial charge in [-0.15, -0.1) is 10.2 Å². The molecule has 4 fully saturated rings. The van der Waals surface area contributed by atoms with Gasteiger partial charge in [-0.05, 0) is 67.7 Å². The van der Waals surface area contributed by atoms with E-state index < -0.39 is 0 Å². The van der Waals surface area contributed by atoms with Crippen molar-refractivity contribution in [3.8, 4) is 11.8 Å². The summed E-state index contributed by atoms with van der Waals surface area (Å²) in [6.07, 6.45) is 4.25. The van der Waals surface area contributed by atoms with E-state index in [2.05, 4.69) is 31.4 Å². The standard InChI is InChI=1S/C29H36ClN7O2/c30-26-15-24(2-1-21(26)16-31)39-25-13-22-18-37(19-23(22)14-25)29(38)27-3-4-28(34-33-27)36-9-5-20(6-10-36)17-35-11-7-32-8-12-35/h1-4,15,20,22-23,25,32H,5-14,17-19H2/t22-,23+,25-. The largest absolute Gasteiger partial charge is 0.490 e. The predicted molar refractivity (Wildman–Crippen MR) is 149 cm³/mol. The molecule has 206 valence electrons. The molecule has 1 aliphatic carbocycles. The van der Waals surface area contributed by atoms with Crippen LogP contribution in [0.4, 0.5) is 5.82 Å². The number of ether oxygens (including phenoxy) is 1. The maximum Gasteiger partial charge on any atom is 0.274 e. The maximum absolute atomic E-state index is 13.2. The molecule has 3 aliphatic heterocycles. The monoisotopic (exact) mass is 549 g/mol. The first kappa shape index (κ1) is 26.3. The number of anilines is 1. The molecule has 0 unspecified atom stereocenters. The summed E-state index contributed by atoms with van der Waals surface area (Å²) in [5.74, 6) is 3.11. The van der Waals surface area contributed by atoms with Crippen LogP contribution in [0.1, 0.15) is 41.7 Å². The van der Waals surface area contributed by atoms with Gasteiger partial charge in [-0.1, -0.05) is 11.6 Å². The molecular formula is C29H36ClN7O2. The van der Waals surface area contributed by atoms with Crippen LogP contribution in [0.5, 0.6) is 5.75 Å². The quantitative estimate of drug-likeness (QED) is 0.587. The number of carbonyl (C=O) groups is 1. The number of halogens is 1. The molecule has 3 atom stereocenters. The van der Waals surface area contributed by atoms with Crippen LogP contribution in [-0.4, -0.2) is 90.9 Å². The number of hydrogen-bond donors (Lipinski definition) is 1. The van der Waals surface area contributed by atoms with Gasteiger partial charge in [0.05, 0.1) is 16.7 Å². The van der Waals surface area contributed by atoms with E-state index >= 15 is 0 Å². The number of aromatic nitrogens is 2. The summed E-state index contributed by atoms with van der Waals surface area (Å²) >= 11 is 6.15. The third-order valence-electron chi connectivity index (χ3n) is 8.89. The number of nitrogens with one attached hydrogen (secondary N) is 1. The molecule has 10 heteroatoms. The summed E-state index contributed by atoms with van der Waals surface area (Å²) in [6.45, 7) is 9.14. The van der Waals surface area contributed by atoms with E-state index in [9.17, 15) is 4.79 Å². The highest BCUT2D eigenvalue weighted by atomic mass is 35.5. The molecule has 3 saturated heterocycles. The lowest BCUT2D eigenvalue weighted by Gasteiger charge is -2.36. The highest BCUT2D eigenvalue weighted by Crippen LogP contribution is 2.40. The highest BCUT2D eigenvalue weighted by Gasteiger charge is 2.43. The minimum absolute atomic E-state index is 0.0329. The van der Waals surface area contributed by atoms with Gasteiger partial charge in [0.2, 0.25) is 0 Å². The smallest absolute Gasteiger partial charge is 0.274 e. The van der Waals surface area contributed by atoms with Gasteiger partial charge < -0.3 is 24.8 Å². The fourth-order valence-corrected chi connectivity index (χ4v) is 6.94. The molecule has 4 aliphatic rings. The summed E-state index contributed by atoms with van der Waals surface area (Å²) in [5.41, 5.74) is 0.871. The number of nitrogens with zero attached hydrogens (tertiary/aromatic N) is 6. The molecular weight excluding hydrogens is 514 g/mol. The molecule has 1 aromatic carbocycles. The van der Waals surface area contributed by atoms with E-state index in [1.54, 1.807) is 18.2 Å². The minimum Gasteiger partial charge on any atom is -0.490 e. The number of fused-ring (bicyclic) bond motifs is 1. The van der Waals surface area contributed by atoms with Crippen molar-refractivity contribution in [3.63, 3.8) is 0 Å². The van der Waals surface area contributed by atoms with Gasteiger partial charge in [0.15, 0.2) is 11.5 Å². The van der Waals surface area contributed by atoms with Crippen molar-refractivity contribution in [3.05, 3.63) is 46.6 Å². The summed E-state index contributed by atoms with van der Waals surface area (Å²) < 4.78 is 6.16. The average Bonchev–Trinajstić information content (AvgIpc) is 3.53. The van der Waals surface area contributed by atoms with Crippen LogP contribution in [0.2, 0.25) is 5.02 Å². The summed E-state index contributed by atoms with van der Waals surface area (Å²) in [4.78, 5) is 20.0.